The number of hydrogen-bond acceptors (Lipinski definition) is 3. The Morgan fingerprint density at radius 3 is 1.77 bits per heavy atom. The summed E-state index contributed by atoms with van der Waals surface area (Å²) in [7, 11) is 0. The zero-order valence-corrected chi connectivity index (χ0v) is 29.6. The van der Waals surface area contributed by atoms with Crippen molar-refractivity contribution in [1.82, 2.24) is 15.0 Å². The second kappa shape index (κ2) is 12.2. The minimum atomic E-state index is -0.135. The molecule has 0 fully saturated rings. The van der Waals surface area contributed by atoms with Gasteiger partial charge >= 0.3 is 0 Å². The van der Waals surface area contributed by atoms with E-state index in [1.165, 1.54) is 49.7 Å². The van der Waals surface area contributed by atoms with Crippen LogP contribution in [0.2, 0.25) is 0 Å². The summed E-state index contributed by atoms with van der Waals surface area (Å²) in [4.78, 5) is 14.9. The van der Waals surface area contributed by atoms with Gasteiger partial charge in [-0.05, 0) is 91.7 Å². The molecule has 0 spiro atoms. The van der Waals surface area contributed by atoms with Gasteiger partial charge in [-0.25, -0.2) is 9.97 Å². The lowest BCUT2D eigenvalue weighted by Crippen LogP contribution is -2.14. The standard InChI is InChI=1S/C50H35N3/c1-50(2)43-16-8-15-41(48(43)42-29-37-12-6-7-13-38(37)30-44(42)50)47-31-46(52-49(53-47)36-10-4-3-5-11-36)35-23-21-33(22-24-35)32-17-19-34(20-18-32)39-25-26-45-40(28-39)14-9-27-51-45/h3-31H,1-2H3. The molecule has 3 nitrogen and oxygen atoms in total. The Hall–Kier alpha value is -6.71. The van der Waals surface area contributed by atoms with Gasteiger partial charge in [0.05, 0.1) is 16.9 Å². The predicted molar refractivity (Wildman–Crippen MR) is 220 cm³/mol. The molecule has 1 aliphatic rings. The van der Waals surface area contributed by atoms with E-state index >= 15 is 0 Å². The fourth-order valence-electron chi connectivity index (χ4n) is 8.08. The summed E-state index contributed by atoms with van der Waals surface area (Å²) in [6.07, 6.45) is 1.84. The molecule has 10 rings (SSSR count). The van der Waals surface area contributed by atoms with Crippen LogP contribution in [0.4, 0.5) is 0 Å². The molecule has 0 aliphatic heterocycles. The molecule has 53 heavy (non-hydrogen) atoms. The Balaban J connectivity index is 1.05. The number of nitrogens with zero attached hydrogens (tertiary/aromatic N) is 3. The van der Waals surface area contributed by atoms with Crippen LogP contribution in [0.1, 0.15) is 25.0 Å². The Labute approximate surface area is 309 Å². The maximum absolute atomic E-state index is 5.26. The Bertz CT molecular complexity index is 2840. The summed E-state index contributed by atoms with van der Waals surface area (Å²) in [5.74, 6) is 0.718. The third-order valence-electron chi connectivity index (χ3n) is 10.9. The van der Waals surface area contributed by atoms with Crippen molar-refractivity contribution in [2.45, 2.75) is 19.3 Å². The molecule has 3 heteroatoms. The van der Waals surface area contributed by atoms with E-state index in [4.69, 9.17) is 9.97 Å². The van der Waals surface area contributed by atoms with E-state index in [1.54, 1.807) is 0 Å². The van der Waals surface area contributed by atoms with Crippen molar-refractivity contribution in [2.24, 2.45) is 0 Å². The van der Waals surface area contributed by atoms with Gasteiger partial charge < -0.3 is 0 Å². The van der Waals surface area contributed by atoms with Crippen molar-refractivity contribution in [3.8, 4) is 67.3 Å². The lowest BCUT2D eigenvalue weighted by molar-refractivity contribution is 0.661. The predicted octanol–water partition coefficient (Wildman–Crippen LogP) is 12.8. The molecule has 0 saturated heterocycles. The van der Waals surface area contributed by atoms with Gasteiger partial charge in [-0.1, -0.05) is 147 Å². The molecule has 0 atom stereocenters. The van der Waals surface area contributed by atoms with Crippen LogP contribution in [0.25, 0.3) is 89.0 Å². The fraction of sp³-hybridized carbons (Fsp3) is 0.0600. The smallest absolute Gasteiger partial charge is 0.160 e. The highest BCUT2D eigenvalue weighted by Gasteiger charge is 2.37. The van der Waals surface area contributed by atoms with Gasteiger partial charge in [-0.3, -0.25) is 4.98 Å². The molecule has 2 aromatic heterocycles. The third-order valence-corrected chi connectivity index (χ3v) is 10.9. The third kappa shape index (κ3) is 5.32. The average Bonchev–Trinajstić information content (AvgIpc) is 3.45. The summed E-state index contributed by atoms with van der Waals surface area (Å²) < 4.78 is 0. The van der Waals surface area contributed by atoms with Crippen LogP contribution in [0.5, 0.6) is 0 Å². The average molecular weight is 678 g/mol. The van der Waals surface area contributed by atoms with Crippen LogP contribution in [-0.4, -0.2) is 15.0 Å². The Morgan fingerprint density at radius 2 is 1.02 bits per heavy atom. The summed E-state index contributed by atoms with van der Waals surface area (Å²) in [6, 6.07) is 60.7. The van der Waals surface area contributed by atoms with Crippen molar-refractivity contribution < 1.29 is 0 Å². The quantitative estimate of drug-likeness (QED) is 0.182. The maximum Gasteiger partial charge on any atom is 0.160 e. The monoisotopic (exact) mass is 677 g/mol. The first-order chi connectivity index (χ1) is 26.0. The van der Waals surface area contributed by atoms with E-state index in [1.807, 2.05) is 30.5 Å². The van der Waals surface area contributed by atoms with Gasteiger partial charge in [0.1, 0.15) is 0 Å². The van der Waals surface area contributed by atoms with Crippen LogP contribution in [0, 0.1) is 0 Å². The van der Waals surface area contributed by atoms with Crippen molar-refractivity contribution in [1.29, 1.82) is 0 Å². The molecule has 7 aromatic carbocycles. The van der Waals surface area contributed by atoms with Crippen LogP contribution >= 0.6 is 0 Å². The molecular formula is C50H35N3. The minimum Gasteiger partial charge on any atom is -0.256 e. The molecule has 0 N–H and O–H groups in total. The molecule has 0 saturated carbocycles. The van der Waals surface area contributed by atoms with Crippen molar-refractivity contribution >= 4 is 21.7 Å². The summed E-state index contributed by atoms with van der Waals surface area (Å²) in [5, 5.41) is 3.66. The molecule has 1 aliphatic carbocycles. The Kier molecular flexibility index (Phi) is 7.16. The highest BCUT2D eigenvalue weighted by molar-refractivity contribution is 5.98. The summed E-state index contributed by atoms with van der Waals surface area (Å²) in [6.45, 7) is 4.68. The van der Waals surface area contributed by atoms with E-state index in [0.717, 1.165) is 50.4 Å². The van der Waals surface area contributed by atoms with E-state index in [2.05, 4.69) is 164 Å². The number of rotatable bonds is 5. The first-order valence-corrected chi connectivity index (χ1v) is 18.2. The first kappa shape index (κ1) is 31.1. The SMILES string of the molecule is CC1(C)c2cc3ccccc3cc2-c2c(-c3cc(-c4ccc(-c5ccc(-c6ccc7ncccc7c6)cc5)cc4)nc(-c4ccccc4)n3)cccc21. The fourth-order valence-corrected chi connectivity index (χ4v) is 8.08. The molecule has 2 heterocycles. The van der Waals surface area contributed by atoms with Gasteiger partial charge in [0.25, 0.3) is 0 Å². The maximum atomic E-state index is 5.26. The topological polar surface area (TPSA) is 38.7 Å². The second-order valence-electron chi connectivity index (χ2n) is 14.5. The number of hydrogen-bond donors (Lipinski definition) is 0. The lowest BCUT2D eigenvalue weighted by Gasteiger charge is -2.22. The number of pyridine rings is 1. The van der Waals surface area contributed by atoms with Crippen molar-refractivity contribution in [3.63, 3.8) is 0 Å². The van der Waals surface area contributed by atoms with Crippen molar-refractivity contribution in [3.05, 3.63) is 187 Å². The molecule has 0 unspecified atom stereocenters. The van der Waals surface area contributed by atoms with Crippen molar-refractivity contribution in [2.75, 3.05) is 0 Å². The van der Waals surface area contributed by atoms with Crippen LogP contribution < -0.4 is 0 Å². The largest absolute Gasteiger partial charge is 0.256 e. The lowest BCUT2D eigenvalue weighted by atomic mass is 9.81. The van der Waals surface area contributed by atoms with E-state index in [-0.39, 0.29) is 5.41 Å². The van der Waals surface area contributed by atoms with E-state index in [9.17, 15) is 0 Å². The van der Waals surface area contributed by atoms with Crippen LogP contribution in [0.15, 0.2) is 176 Å². The molecule has 9 aromatic rings. The normalized spacial score (nSPS) is 12.9. The zero-order chi connectivity index (χ0) is 35.5. The number of fused-ring (bicyclic) bond motifs is 5. The van der Waals surface area contributed by atoms with Gasteiger partial charge in [-0.15, -0.1) is 0 Å². The molecule has 250 valence electrons. The molecular weight excluding hydrogens is 643 g/mol. The zero-order valence-electron chi connectivity index (χ0n) is 29.6. The van der Waals surface area contributed by atoms with Crippen LogP contribution in [-0.2, 0) is 5.41 Å². The second-order valence-corrected chi connectivity index (χ2v) is 14.5. The van der Waals surface area contributed by atoms with Crippen LogP contribution in [0.3, 0.4) is 0 Å². The first-order valence-electron chi connectivity index (χ1n) is 18.2. The number of aromatic nitrogens is 3. The minimum absolute atomic E-state index is 0.135. The highest BCUT2D eigenvalue weighted by atomic mass is 14.9. The van der Waals surface area contributed by atoms with E-state index < -0.39 is 0 Å². The molecule has 0 amide bonds. The molecule has 0 radical (unpaired) electrons. The summed E-state index contributed by atoms with van der Waals surface area (Å²) >= 11 is 0. The van der Waals surface area contributed by atoms with Gasteiger partial charge in [-0.2, -0.15) is 0 Å². The number of benzene rings is 7. The van der Waals surface area contributed by atoms with Gasteiger partial charge in [0.15, 0.2) is 5.82 Å². The van der Waals surface area contributed by atoms with Gasteiger partial charge in [0.2, 0.25) is 0 Å². The summed E-state index contributed by atoms with van der Waals surface area (Å²) in [5.41, 5.74) is 15.8. The molecule has 0 bridgehead atoms. The highest BCUT2D eigenvalue weighted by Crippen LogP contribution is 2.53. The van der Waals surface area contributed by atoms with Gasteiger partial charge in [0, 0.05) is 33.7 Å². The Morgan fingerprint density at radius 1 is 0.396 bits per heavy atom. The van der Waals surface area contributed by atoms with E-state index in [0.29, 0.717) is 0 Å².